The Balaban J connectivity index is 0.00000163. The molecule has 0 atom stereocenters. The predicted molar refractivity (Wildman–Crippen MR) is 201 cm³/mol. The number of unbranched alkanes of at least 4 members (excludes halogenated alkanes) is 1. The van der Waals surface area contributed by atoms with Crippen LogP contribution in [0.15, 0.2) is 118 Å². The highest BCUT2D eigenvalue weighted by Gasteiger charge is 2.21. The van der Waals surface area contributed by atoms with Crippen molar-refractivity contribution in [1.82, 2.24) is 9.78 Å². The fourth-order valence-electron chi connectivity index (χ4n) is 4.65. The van der Waals surface area contributed by atoms with Crippen molar-refractivity contribution in [3.8, 4) is 17.6 Å². The van der Waals surface area contributed by atoms with E-state index in [1.807, 2.05) is 71.9 Å². The molecule has 0 saturated carbocycles. The monoisotopic (exact) mass is 670 g/mol. The number of aromatic hydroxyl groups is 1. The van der Waals surface area contributed by atoms with Crippen molar-refractivity contribution in [3.63, 3.8) is 0 Å². The summed E-state index contributed by atoms with van der Waals surface area (Å²) in [5, 5.41) is 45.3. The van der Waals surface area contributed by atoms with E-state index < -0.39 is 0 Å². The Labute approximate surface area is 295 Å². The maximum atomic E-state index is 13.1. The van der Waals surface area contributed by atoms with E-state index in [4.69, 9.17) is 5.26 Å². The minimum Gasteiger partial charge on any atom is -0.492 e. The molecular weight excluding hydrogens is 624 g/mol. The molecule has 5 aromatic rings. The molecule has 0 spiro atoms. The van der Waals surface area contributed by atoms with Gasteiger partial charge in [0.2, 0.25) is 5.88 Å². The average molecular weight is 671 g/mol. The molecular formula is C40H46N8O2. The number of rotatable bonds is 11. The fraction of sp³-hybridized carbons (Fsp3) is 0.275. The first-order valence-corrected chi connectivity index (χ1v) is 17.1. The second-order valence-electron chi connectivity index (χ2n) is 11.0. The van der Waals surface area contributed by atoms with Gasteiger partial charge in [-0.2, -0.15) is 25.3 Å². The van der Waals surface area contributed by atoms with Gasteiger partial charge in [-0.25, -0.2) is 0 Å². The highest BCUT2D eigenvalue weighted by Crippen LogP contribution is 2.39. The van der Waals surface area contributed by atoms with Crippen molar-refractivity contribution in [2.75, 3.05) is 5.32 Å². The Morgan fingerprint density at radius 2 is 1.50 bits per heavy atom. The number of nitriles is 1. The van der Waals surface area contributed by atoms with Crippen molar-refractivity contribution >= 4 is 34.3 Å². The normalized spacial score (nSPS) is 10.7. The van der Waals surface area contributed by atoms with Crippen LogP contribution in [0.4, 0.5) is 28.4 Å². The van der Waals surface area contributed by atoms with E-state index in [2.05, 4.69) is 43.9 Å². The number of carbonyl (C=O) groups is 1. The van der Waals surface area contributed by atoms with Gasteiger partial charge in [-0.3, -0.25) is 4.79 Å². The largest absolute Gasteiger partial charge is 0.492 e. The number of nitrogens with zero attached hydrogens (tertiary/aromatic N) is 7. The molecule has 10 nitrogen and oxygen atoms in total. The third-order valence-electron chi connectivity index (χ3n) is 7.21. The van der Waals surface area contributed by atoms with Gasteiger partial charge in [-0.1, -0.05) is 85.2 Å². The second kappa shape index (κ2) is 19.8. The summed E-state index contributed by atoms with van der Waals surface area (Å²) in [5.74, 6) is -0.471. The minimum atomic E-state index is -0.328. The molecule has 0 saturated heterocycles. The van der Waals surface area contributed by atoms with Crippen LogP contribution in [0.5, 0.6) is 5.88 Å². The van der Waals surface area contributed by atoms with Crippen LogP contribution < -0.4 is 5.32 Å². The summed E-state index contributed by atoms with van der Waals surface area (Å²) in [4.78, 5) is 13.1. The number of aromatic nitrogens is 2. The van der Waals surface area contributed by atoms with E-state index in [1.54, 1.807) is 66.7 Å². The lowest BCUT2D eigenvalue weighted by Crippen LogP contribution is -2.11. The molecule has 0 unspecified atom stereocenters. The zero-order chi connectivity index (χ0) is 36.5. The first-order valence-electron chi connectivity index (χ1n) is 17.1. The Kier molecular flexibility index (Phi) is 15.2. The molecule has 0 aliphatic carbocycles. The predicted octanol–water partition coefficient (Wildman–Crippen LogP) is 12.1. The fourth-order valence-corrected chi connectivity index (χ4v) is 4.65. The summed E-state index contributed by atoms with van der Waals surface area (Å²) in [5.41, 5.74) is 5.55. The Bertz CT molecular complexity index is 1900. The SMILES string of the molecule is CC.CC.CCCCc1ccc(-n2nc(C(C)C)c(N=Nc3ccc(N=Nc4ccc(C#N)cc4)c(NC(=O)c4ccccc4)c3)c2O)cc1. The van der Waals surface area contributed by atoms with E-state index in [0.29, 0.717) is 39.6 Å². The summed E-state index contributed by atoms with van der Waals surface area (Å²) in [7, 11) is 0. The molecule has 1 aromatic heterocycles. The van der Waals surface area contributed by atoms with Gasteiger partial charge in [-0.15, -0.1) is 10.2 Å². The molecule has 0 radical (unpaired) electrons. The lowest BCUT2D eigenvalue weighted by Gasteiger charge is -2.09. The maximum absolute atomic E-state index is 13.1. The van der Waals surface area contributed by atoms with E-state index in [9.17, 15) is 9.90 Å². The number of carbonyl (C=O) groups excluding carboxylic acids is 1. The second-order valence-corrected chi connectivity index (χ2v) is 11.0. The standard InChI is InChI=1S/C36H34N8O2.2C2H6/c1-4-5-9-25-14-19-30(20-15-25)44-36(46)34(33(43-44)24(2)3)42-40-29-18-21-31(41-39-28-16-12-26(23-37)13-17-28)32(22-29)38-35(45)27-10-7-6-8-11-27;2*1-2/h6-8,10-22,24,46H,4-5,9H2,1-3H3,(H,38,45);2*1-2H3. The number of benzene rings is 4. The third-order valence-corrected chi connectivity index (χ3v) is 7.21. The van der Waals surface area contributed by atoms with Gasteiger partial charge in [0.15, 0.2) is 5.69 Å². The van der Waals surface area contributed by atoms with Crippen LogP contribution >= 0.6 is 0 Å². The summed E-state index contributed by atoms with van der Waals surface area (Å²) in [6.45, 7) is 14.1. The van der Waals surface area contributed by atoms with Crippen molar-refractivity contribution < 1.29 is 9.90 Å². The molecule has 258 valence electrons. The molecule has 1 heterocycles. The molecule has 0 bridgehead atoms. The summed E-state index contributed by atoms with van der Waals surface area (Å²) >= 11 is 0. The minimum absolute atomic E-state index is 0.0318. The van der Waals surface area contributed by atoms with Crippen molar-refractivity contribution in [2.45, 2.75) is 73.6 Å². The summed E-state index contributed by atoms with van der Waals surface area (Å²) in [6, 6.07) is 30.6. The van der Waals surface area contributed by atoms with Crippen molar-refractivity contribution in [1.29, 1.82) is 5.26 Å². The molecule has 50 heavy (non-hydrogen) atoms. The zero-order valence-corrected chi connectivity index (χ0v) is 29.9. The quantitative estimate of drug-likeness (QED) is 0.135. The van der Waals surface area contributed by atoms with Gasteiger partial charge >= 0.3 is 0 Å². The summed E-state index contributed by atoms with van der Waals surface area (Å²) in [6.07, 6.45) is 3.25. The number of aryl methyl sites for hydroxylation is 1. The first-order chi connectivity index (χ1) is 24.4. The number of hydrogen-bond acceptors (Lipinski definition) is 8. The van der Waals surface area contributed by atoms with Crippen LogP contribution in [0, 0.1) is 11.3 Å². The number of hydrogen-bond donors (Lipinski definition) is 2. The first kappa shape index (κ1) is 38.5. The molecule has 0 fully saturated rings. The molecule has 0 aliphatic heterocycles. The van der Waals surface area contributed by atoms with Crippen LogP contribution in [-0.2, 0) is 6.42 Å². The van der Waals surface area contributed by atoms with Crippen LogP contribution in [0.2, 0.25) is 0 Å². The van der Waals surface area contributed by atoms with Gasteiger partial charge in [0, 0.05) is 5.56 Å². The summed E-state index contributed by atoms with van der Waals surface area (Å²) < 4.78 is 1.48. The number of azo groups is 2. The highest BCUT2D eigenvalue weighted by atomic mass is 16.3. The van der Waals surface area contributed by atoms with Gasteiger partial charge in [-0.05, 0) is 91.1 Å². The maximum Gasteiger partial charge on any atom is 0.255 e. The number of amides is 1. The third kappa shape index (κ3) is 10.3. The Hall–Kier alpha value is -5.95. The average Bonchev–Trinajstić information content (AvgIpc) is 3.50. The van der Waals surface area contributed by atoms with Gasteiger partial charge in [0.25, 0.3) is 5.91 Å². The molecule has 5 rings (SSSR count). The van der Waals surface area contributed by atoms with Gasteiger partial charge in [0.05, 0.1) is 40.1 Å². The smallest absolute Gasteiger partial charge is 0.255 e. The van der Waals surface area contributed by atoms with Crippen LogP contribution in [0.1, 0.15) is 94.4 Å². The number of nitrogens with one attached hydrogen (secondary N) is 1. The zero-order valence-electron chi connectivity index (χ0n) is 29.9. The highest BCUT2D eigenvalue weighted by molar-refractivity contribution is 6.05. The van der Waals surface area contributed by atoms with Crippen LogP contribution in [0.3, 0.4) is 0 Å². The molecule has 10 heteroatoms. The van der Waals surface area contributed by atoms with Crippen LogP contribution in [-0.4, -0.2) is 20.8 Å². The molecule has 1 amide bonds. The lowest BCUT2D eigenvalue weighted by molar-refractivity contribution is 0.102. The molecule has 0 aliphatic rings. The Morgan fingerprint density at radius 3 is 2.12 bits per heavy atom. The molecule has 2 N–H and O–H groups in total. The topological polar surface area (TPSA) is 140 Å². The van der Waals surface area contributed by atoms with Crippen LogP contribution in [0.25, 0.3) is 5.69 Å². The van der Waals surface area contributed by atoms with E-state index in [1.165, 1.54) is 10.2 Å². The van der Waals surface area contributed by atoms with E-state index >= 15 is 0 Å². The van der Waals surface area contributed by atoms with Gasteiger partial charge < -0.3 is 10.4 Å². The van der Waals surface area contributed by atoms with E-state index in [-0.39, 0.29) is 23.4 Å². The van der Waals surface area contributed by atoms with Crippen molar-refractivity contribution in [2.24, 2.45) is 20.5 Å². The van der Waals surface area contributed by atoms with Crippen molar-refractivity contribution in [3.05, 3.63) is 119 Å². The van der Waals surface area contributed by atoms with E-state index in [0.717, 1.165) is 24.9 Å². The lowest BCUT2D eigenvalue weighted by atomic mass is 10.1. The number of anilines is 1. The molecule has 4 aromatic carbocycles. The Morgan fingerprint density at radius 1 is 0.860 bits per heavy atom. The van der Waals surface area contributed by atoms with Gasteiger partial charge in [0.1, 0.15) is 5.69 Å².